The second-order valence-corrected chi connectivity index (χ2v) is 3.30. The number of rotatable bonds is 1. The lowest BCUT2D eigenvalue weighted by Crippen LogP contribution is -2.21. The van der Waals surface area contributed by atoms with Gasteiger partial charge in [-0.05, 0) is 31.7 Å². The van der Waals surface area contributed by atoms with Gasteiger partial charge in [0.25, 0.3) is 0 Å². The molecule has 0 aliphatic carbocycles. The van der Waals surface area contributed by atoms with Crippen LogP contribution in [0.5, 0.6) is 0 Å². The van der Waals surface area contributed by atoms with Crippen LogP contribution in [0.25, 0.3) is 0 Å². The Hall–Kier alpha value is -0.0800. The second kappa shape index (κ2) is 2.89. The molecular formula is C8H15NO. The number of hydrogen-bond donors (Lipinski definition) is 1. The van der Waals surface area contributed by atoms with Crippen LogP contribution in [0.1, 0.15) is 19.3 Å². The fourth-order valence-electron chi connectivity index (χ4n) is 1.97. The third-order valence-electron chi connectivity index (χ3n) is 2.59. The summed E-state index contributed by atoms with van der Waals surface area (Å²) in [5, 5.41) is 3.37. The summed E-state index contributed by atoms with van der Waals surface area (Å²) in [5.41, 5.74) is 0. The van der Waals surface area contributed by atoms with Gasteiger partial charge in [0.2, 0.25) is 0 Å². The second-order valence-electron chi connectivity index (χ2n) is 3.30. The normalized spacial score (nSPS) is 40.8. The van der Waals surface area contributed by atoms with Crippen molar-refractivity contribution in [1.82, 2.24) is 5.32 Å². The fourth-order valence-corrected chi connectivity index (χ4v) is 1.97. The summed E-state index contributed by atoms with van der Waals surface area (Å²) in [7, 11) is 0. The van der Waals surface area contributed by atoms with Crippen LogP contribution in [0, 0.1) is 5.92 Å². The highest BCUT2D eigenvalue weighted by atomic mass is 16.5. The molecule has 0 aromatic heterocycles. The summed E-state index contributed by atoms with van der Waals surface area (Å²) in [5.74, 6) is 0.822. The van der Waals surface area contributed by atoms with Gasteiger partial charge in [-0.2, -0.15) is 0 Å². The van der Waals surface area contributed by atoms with E-state index in [1.165, 1.54) is 32.4 Å². The average Bonchev–Trinajstić information content (AvgIpc) is 2.59. The van der Waals surface area contributed by atoms with E-state index in [2.05, 4.69) is 5.32 Å². The zero-order valence-corrected chi connectivity index (χ0v) is 6.31. The molecule has 0 aromatic carbocycles. The Balaban J connectivity index is 1.85. The Morgan fingerprint density at radius 2 is 2.30 bits per heavy atom. The standard InChI is InChI=1S/C8H15NO/c1-2-8(10-5-1)7-3-4-9-6-7/h7-9H,1-6H2/t7-,8+/m0/s1. The number of ether oxygens (including phenoxy) is 1. The van der Waals surface area contributed by atoms with E-state index in [1.54, 1.807) is 0 Å². The maximum Gasteiger partial charge on any atom is 0.0616 e. The molecule has 2 nitrogen and oxygen atoms in total. The van der Waals surface area contributed by atoms with Crippen molar-refractivity contribution in [2.24, 2.45) is 5.92 Å². The molecule has 10 heavy (non-hydrogen) atoms. The molecule has 2 atom stereocenters. The number of hydrogen-bond acceptors (Lipinski definition) is 2. The molecule has 0 spiro atoms. The highest BCUT2D eigenvalue weighted by Gasteiger charge is 2.27. The van der Waals surface area contributed by atoms with Crippen LogP contribution < -0.4 is 5.32 Å². The van der Waals surface area contributed by atoms with Crippen LogP contribution in [-0.4, -0.2) is 25.8 Å². The largest absolute Gasteiger partial charge is 0.378 e. The molecule has 2 fully saturated rings. The van der Waals surface area contributed by atoms with Gasteiger partial charge in [0.1, 0.15) is 0 Å². The van der Waals surface area contributed by atoms with Crippen LogP contribution >= 0.6 is 0 Å². The van der Waals surface area contributed by atoms with Gasteiger partial charge in [-0.15, -0.1) is 0 Å². The van der Waals surface area contributed by atoms with E-state index >= 15 is 0 Å². The Labute approximate surface area is 61.9 Å². The van der Waals surface area contributed by atoms with Crippen LogP contribution in [0.3, 0.4) is 0 Å². The van der Waals surface area contributed by atoms with Crippen LogP contribution in [-0.2, 0) is 4.74 Å². The third kappa shape index (κ3) is 1.18. The van der Waals surface area contributed by atoms with Crippen molar-refractivity contribution < 1.29 is 4.74 Å². The van der Waals surface area contributed by atoms with E-state index in [4.69, 9.17) is 4.74 Å². The Morgan fingerprint density at radius 1 is 1.30 bits per heavy atom. The highest BCUT2D eigenvalue weighted by Crippen LogP contribution is 2.24. The minimum absolute atomic E-state index is 0.593. The van der Waals surface area contributed by atoms with Crippen LogP contribution in [0.15, 0.2) is 0 Å². The molecule has 2 aliphatic heterocycles. The fraction of sp³-hybridized carbons (Fsp3) is 1.00. The van der Waals surface area contributed by atoms with Crippen molar-refractivity contribution in [3.8, 4) is 0 Å². The molecule has 0 radical (unpaired) electrons. The van der Waals surface area contributed by atoms with Crippen molar-refractivity contribution in [3.05, 3.63) is 0 Å². The molecule has 0 unspecified atom stereocenters. The first-order chi connectivity index (χ1) is 4.97. The summed E-state index contributed by atoms with van der Waals surface area (Å²) >= 11 is 0. The van der Waals surface area contributed by atoms with Gasteiger partial charge in [0, 0.05) is 13.2 Å². The molecule has 0 bridgehead atoms. The summed E-state index contributed by atoms with van der Waals surface area (Å²) < 4.78 is 5.60. The molecule has 1 N–H and O–H groups in total. The van der Waals surface area contributed by atoms with Crippen molar-refractivity contribution in [2.45, 2.75) is 25.4 Å². The summed E-state index contributed by atoms with van der Waals surface area (Å²) in [4.78, 5) is 0. The van der Waals surface area contributed by atoms with Gasteiger partial charge in [0.05, 0.1) is 6.10 Å². The topological polar surface area (TPSA) is 21.3 Å². The Kier molecular flexibility index (Phi) is 1.91. The molecule has 2 saturated heterocycles. The lowest BCUT2D eigenvalue weighted by atomic mass is 10.00. The molecule has 58 valence electrons. The predicted octanol–water partition coefficient (Wildman–Crippen LogP) is 0.775. The Morgan fingerprint density at radius 3 is 2.90 bits per heavy atom. The first-order valence-electron chi connectivity index (χ1n) is 4.29. The van der Waals surface area contributed by atoms with Gasteiger partial charge in [0.15, 0.2) is 0 Å². The maximum atomic E-state index is 5.60. The van der Waals surface area contributed by atoms with Gasteiger partial charge < -0.3 is 10.1 Å². The summed E-state index contributed by atoms with van der Waals surface area (Å²) in [6.07, 6.45) is 4.49. The molecular weight excluding hydrogens is 126 g/mol. The molecule has 2 rings (SSSR count). The van der Waals surface area contributed by atoms with Crippen LogP contribution in [0.2, 0.25) is 0 Å². The maximum absolute atomic E-state index is 5.60. The third-order valence-corrected chi connectivity index (χ3v) is 2.59. The zero-order chi connectivity index (χ0) is 6.81. The molecule has 0 aromatic rings. The summed E-state index contributed by atoms with van der Waals surface area (Å²) in [6, 6.07) is 0. The zero-order valence-electron chi connectivity index (χ0n) is 6.31. The molecule has 2 heterocycles. The SMILES string of the molecule is C1CO[C@@H]([C@H]2CCNC2)C1. The average molecular weight is 141 g/mol. The molecule has 0 saturated carbocycles. The van der Waals surface area contributed by atoms with E-state index in [9.17, 15) is 0 Å². The lowest BCUT2D eigenvalue weighted by Gasteiger charge is -2.15. The van der Waals surface area contributed by atoms with E-state index in [0.717, 1.165) is 12.5 Å². The van der Waals surface area contributed by atoms with Gasteiger partial charge in [-0.3, -0.25) is 0 Å². The molecule has 2 heteroatoms. The number of nitrogens with one attached hydrogen (secondary N) is 1. The summed E-state index contributed by atoms with van der Waals surface area (Å²) in [6.45, 7) is 3.39. The smallest absolute Gasteiger partial charge is 0.0616 e. The van der Waals surface area contributed by atoms with E-state index < -0.39 is 0 Å². The van der Waals surface area contributed by atoms with Gasteiger partial charge in [-0.25, -0.2) is 0 Å². The first kappa shape index (κ1) is 6.62. The van der Waals surface area contributed by atoms with Crippen molar-refractivity contribution in [3.63, 3.8) is 0 Å². The predicted molar refractivity (Wildman–Crippen MR) is 40.0 cm³/mol. The highest BCUT2D eigenvalue weighted by molar-refractivity contribution is 4.81. The van der Waals surface area contributed by atoms with Gasteiger partial charge in [-0.1, -0.05) is 0 Å². The Bertz CT molecular complexity index is 89.8. The lowest BCUT2D eigenvalue weighted by molar-refractivity contribution is 0.0700. The van der Waals surface area contributed by atoms with Gasteiger partial charge >= 0.3 is 0 Å². The molecule has 0 amide bonds. The van der Waals surface area contributed by atoms with E-state index in [-0.39, 0.29) is 0 Å². The quantitative estimate of drug-likeness (QED) is 0.582. The van der Waals surface area contributed by atoms with Crippen molar-refractivity contribution in [2.75, 3.05) is 19.7 Å². The van der Waals surface area contributed by atoms with Crippen molar-refractivity contribution in [1.29, 1.82) is 0 Å². The molecule has 2 aliphatic rings. The minimum Gasteiger partial charge on any atom is -0.378 e. The van der Waals surface area contributed by atoms with E-state index in [1.807, 2.05) is 0 Å². The monoisotopic (exact) mass is 141 g/mol. The first-order valence-corrected chi connectivity index (χ1v) is 4.29. The van der Waals surface area contributed by atoms with Crippen molar-refractivity contribution >= 4 is 0 Å². The minimum atomic E-state index is 0.593. The van der Waals surface area contributed by atoms with Crippen LogP contribution in [0.4, 0.5) is 0 Å². The van der Waals surface area contributed by atoms with E-state index in [0.29, 0.717) is 6.10 Å².